The van der Waals surface area contributed by atoms with Gasteiger partial charge in [-0.2, -0.15) is 0 Å². The zero-order chi connectivity index (χ0) is 34.1. The molecule has 10 rings (SSSR count). The fourth-order valence-electron chi connectivity index (χ4n) is 8.40. The molecule has 0 atom stereocenters. The lowest BCUT2D eigenvalue weighted by Gasteiger charge is -2.30. The van der Waals surface area contributed by atoms with Crippen molar-refractivity contribution in [2.24, 2.45) is 0 Å². The summed E-state index contributed by atoms with van der Waals surface area (Å²) in [4.78, 5) is 2.44. The van der Waals surface area contributed by atoms with E-state index in [0.717, 1.165) is 50.1 Å². The van der Waals surface area contributed by atoms with E-state index >= 15 is 0 Å². The number of nitrogens with zero attached hydrogens (tertiary/aromatic N) is 1. The number of para-hydroxylation sites is 2. The molecular formula is C49H35NO. The number of furan rings is 1. The Kier molecular flexibility index (Phi) is 6.56. The summed E-state index contributed by atoms with van der Waals surface area (Å²) < 4.78 is 6.25. The summed E-state index contributed by atoms with van der Waals surface area (Å²) in [7, 11) is 0. The molecule has 8 aromatic carbocycles. The lowest BCUT2D eigenvalue weighted by molar-refractivity contribution is 0.660. The molecule has 0 amide bonds. The monoisotopic (exact) mass is 653 g/mol. The zero-order valence-electron chi connectivity index (χ0n) is 28.6. The normalized spacial score (nSPS) is 13.1. The van der Waals surface area contributed by atoms with Gasteiger partial charge in [0.1, 0.15) is 11.2 Å². The van der Waals surface area contributed by atoms with Crippen molar-refractivity contribution in [3.8, 4) is 33.4 Å². The van der Waals surface area contributed by atoms with Gasteiger partial charge in [-0.25, -0.2) is 0 Å². The predicted octanol–water partition coefficient (Wildman–Crippen LogP) is 13.8. The topological polar surface area (TPSA) is 16.4 Å². The van der Waals surface area contributed by atoms with Gasteiger partial charge in [0, 0.05) is 32.8 Å². The number of anilines is 3. The number of benzene rings is 8. The number of rotatable bonds is 5. The van der Waals surface area contributed by atoms with Gasteiger partial charge in [0.25, 0.3) is 0 Å². The molecule has 9 aromatic rings. The van der Waals surface area contributed by atoms with Crippen LogP contribution >= 0.6 is 0 Å². The van der Waals surface area contributed by atoms with Gasteiger partial charge in [-0.3, -0.25) is 0 Å². The van der Waals surface area contributed by atoms with Gasteiger partial charge in [0.2, 0.25) is 0 Å². The van der Waals surface area contributed by atoms with Crippen molar-refractivity contribution >= 4 is 49.8 Å². The Morgan fingerprint density at radius 2 is 1.04 bits per heavy atom. The summed E-state index contributed by atoms with van der Waals surface area (Å²) in [5, 5.41) is 4.71. The highest BCUT2D eigenvalue weighted by molar-refractivity contribution is 6.06. The number of hydrogen-bond acceptors (Lipinski definition) is 2. The van der Waals surface area contributed by atoms with Crippen LogP contribution in [-0.2, 0) is 5.41 Å². The van der Waals surface area contributed by atoms with Crippen molar-refractivity contribution in [1.82, 2.24) is 0 Å². The van der Waals surface area contributed by atoms with Crippen molar-refractivity contribution < 1.29 is 4.42 Å². The first-order chi connectivity index (χ1) is 25.1. The first kappa shape index (κ1) is 29.5. The molecule has 51 heavy (non-hydrogen) atoms. The minimum Gasteiger partial charge on any atom is -0.456 e. The molecule has 0 radical (unpaired) electrons. The van der Waals surface area contributed by atoms with Crippen LogP contribution < -0.4 is 4.90 Å². The first-order valence-corrected chi connectivity index (χ1v) is 17.7. The summed E-state index contributed by atoms with van der Waals surface area (Å²) in [5.41, 5.74) is 15.3. The number of hydrogen-bond donors (Lipinski definition) is 0. The van der Waals surface area contributed by atoms with Gasteiger partial charge in [-0.15, -0.1) is 0 Å². The minimum absolute atomic E-state index is 0.0760. The molecule has 2 heteroatoms. The Labute approximate surface area is 297 Å². The molecule has 0 bridgehead atoms. The van der Waals surface area contributed by atoms with Crippen molar-refractivity contribution in [1.29, 1.82) is 0 Å². The van der Waals surface area contributed by atoms with E-state index in [9.17, 15) is 0 Å². The van der Waals surface area contributed by atoms with Gasteiger partial charge >= 0.3 is 0 Å². The van der Waals surface area contributed by atoms with Gasteiger partial charge < -0.3 is 9.32 Å². The molecule has 0 saturated carbocycles. The molecule has 1 aliphatic carbocycles. The van der Waals surface area contributed by atoms with Gasteiger partial charge in [0.05, 0.1) is 11.4 Å². The molecule has 0 saturated heterocycles. The number of fused-ring (bicyclic) bond motifs is 7. The van der Waals surface area contributed by atoms with E-state index in [1.54, 1.807) is 0 Å². The zero-order valence-corrected chi connectivity index (χ0v) is 28.6. The summed E-state index contributed by atoms with van der Waals surface area (Å²) in [6, 6.07) is 63.7. The third kappa shape index (κ3) is 4.57. The van der Waals surface area contributed by atoms with Crippen LogP contribution in [0.1, 0.15) is 25.0 Å². The highest BCUT2D eigenvalue weighted by Crippen LogP contribution is 2.54. The maximum absolute atomic E-state index is 6.25. The van der Waals surface area contributed by atoms with E-state index in [-0.39, 0.29) is 5.41 Å². The molecule has 0 unspecified atom stereocenters. The molecule has 242 valence electrons. The van der Waals surface area contributed by atoms with Gasteiger partial charge in [-0.1, -0.05) is 147 Å². The van der Waals surface area contributed by atoms with Crippen molar-refractivity contribution in [2.45, 2.75) is 19.3 Å². The third-order valence-electron chi connectivity index (χ3n) is 10.9. The lowest BCUT2D eigenvalue weighted by Crippen LogP contribution is -2.15. The summed E-state index contributed by atoms with van der Waals surface area (Å²) in [6.45, 7) is 4.70. The van der Waals surface area contributed by atoms with Crippen LogP contribution in [0.5, 0.6) is 0 Å². The Bertz CT molecular complexity index is 2780. The Morgan fingerprint density at radius 3 is 1.92 bits per heavy atom. The predicted molar refractivity (Wildman–Crippen MR) is 214 cm³/mol. The average Bonchev–Trinajstić information content (AvgIpc) is 3.67. The molecular weight excluding hydrogens is 619 g/mol. The maximum Gasteiger partial charge on any atom is 0.136 e. The maximum atomic E-state index is 6.25. The fourth-order valence-corrected chi connectivity index (χ4v) is 8.40. The summed E-state index contributed by atoms with van der Waals surface area (Å²) in [5.74, 6) is 0. The Balaban J connectivity index is 1.16. The minimum atomic E-state index is -0.0760. The molecule has 0 fully saturated rings. The van der Waals surface area contributed by atoms with Crippen LogP contribution in [-0.4, -0.2) is 0 Å². The fraction of sp³-hybridized carbons (Fsp3) is 0.0612. The second kappa shape index (κ2) is 11.3. The standard InChI is InChI=1S/C49H35NO/c1-49(2)42-20-8-5-18-41(42)48-40(19-12-21-43(48)49)37-16-6-9-22-45(37)50(44-23-11-14-33-13-3-4-15-36(33)44)35-28-25-32(26-29-35)34-27-30-39-38-17-7-10-24-46(38)51-47(39)31-34/h3-31H,1-2H3. The molecule has 1 heterocycles. The van der Waals surface area contributed by atoms with Crippen molar-refractivity contribution in [3.05, 3.63) is 187 Å². The smallest absolute Gasteiger partial charge is 0.136 e. The first-order valence-electron chi connectivity index (χ1n) is 17.7. The van der Waals surface area contributed by atoms with Gasteiger partial charge in [-0.05, 0) is 86.8 Å². The lowest BCUT2D eigenvalue weighted by atomic mass is 9.82. The molecule has 2 nitrogen and oxygen atoms in total. The SMILES string of the molecule is CC1(C)c2ccccc2-c2c(-c3ccccc3N(c3ccc(-c4ccc5c(c4)oc4ccccc45)cc3)c3cccc4ccccc34)cccc21. The second-order valence-electron chi connectivity index (χ2n) is 14.1. The van der Waals surface area contributed by atoms with Crippen LogP contribution in [0, 0.1) is 0 Å². The molecule has 0 N–H and O–H groups in total. The van der Waals surface area contributed by atoms with Crippen LogP contribution in [0.4, 0.5) is 17.1 Å². The molecule has 0 spiro atoms. The van der Waals surface area contributed by atoms with Crippen molar-refractivity contribution in [3.63, 3.8) is 0 Å². The largest absolute Gasteiger partial charge is 0.456 e. The van der Waals surface area contributed by atoms with E-state index in [0.29, 0.717) is 0 Å². The van der Waals surface area contributed by atoms with E-state index < -0.39 is 0 Å². The quantitative estimate of drug-likeness (QED) is 0.184. The van der Waals surface area contributed by atoms with E-state index in [2.05, 4.69) is 183 Å². The van der Waals surface area contributed by atoms with E-state index in [1.807, 2.05) is 12.1 Å². The summed E-state index contributed by atoms with van der Waals surface area (Å²) in [6.07, 6.45) is 0. The third-order valence-corrected chi connectivity index (χ3v) is 10.9. The Hall–Kier alpha value is -6.38. The van der Waals surface area contributed by atoms with E-state index in [1.165, 1.54) is 44.2 Å². The second-order valence-corrected chi connectivity index (χ2v) is 14.1. The van der Waals surface area contributed by atoms with Crippen LogP contribution in [0.3, 0.4) is 0 Å². The van der Waals surface area contributed by atoms with Crippen molar-refractivity contribution in [2.75, 3.05) is 4.90 Å². The Morgan fingerprint density at radius 1 is 0.431 bits per heavy atom. The average molecular weight is 654 g/mol. The molecule has 0 aliphatic heterocycles. The molecule has 1 aliphatic rings. The van der Waals surface area contributed by atoms with E-state index in [4.69, 9.17) is 4.42 Å². The summed E-state index contributed by atoms with van der Waals surface area (Å²) >= 11 is 0. The van der Waals surface area contributed by atoms with Crippen LogP contribution in [0.15, 0.2) is 180 Å². The van der Waals surface area contributed by atoms with Gasteiger partial charge in [0.15, 0.2) is 0 Å². The van der Waals surface area contributed by atoms with Crippen LogP contribution in [0.2, 0.25) is 0 Å². The molecule has 1 aromatic heterocycles. The van der Waals surface area contributed by atoms with Crippen LogP contribution in [0.25, 0.3) is 66.1 Å². The highest BCUT2D eigenvalue weighted by atomic mass is 16.3. The highest BCUT2D eigenvalue weighted by Gasteiger charge is 2.37.